The molecule has 0 aromatic rings. The fourth-order valence-electron chi connectivity index (χ4n) is 2.33. The fraction of sp³-hybridized carbons (Fsp3) is 0.917. The number of carbonyl (C=O) groups is 1. The lowest BCUT2D eigenvalue weighted by molar-refractivity contribution is -0.124. The SMILES string of the molecule is COCC(N)C(=O)NC1CCCC(C)C1C.Cl. The van der Waals surface area contributed by atoms with Crippen LogP contribution >= 0.6 is 12.4 Å². The molecule has 0 aliphatic heterocycles. The summed E-state index contributed by atoms with van der Waals surface area (Å²) < 4.78 is 4.88. The van der Waals surface area contributed by atoms with Crippen LogP contribution in [0, 0.1) is 11.8 Å². The maximum absolute atomic E-state index is 11.7. The highest BCUT2D eigenvalue weighted by atomic mass is 35.5. The summed E-state index contributed by atoms with van der Waals surface area (Å²) in [6.07, 6.45) is 3.52. The molecule has 1 amide bonds. The van der Waals surface area contributed by atoms with E-state index in [4.69, 9.17) is 10.5 Å². The molecule has 17 heavy (non-hydrogen) atoms. The summed E-state index contributed by atoms with van der Waals surface area (Å²) in [7, 11) is 1.55. The molecule has 3 N–H and O–H groups in total. The van der Waals surface area contributed by atoms with Gasteiger partial charge in [0, 0.05) is 13.2 Å². The molecule has 1 fully saturated rings. The number of hydrogen-bond acceptors (Lipinski definition) is 3. The van der Waals surface area contributed by atoms with Crippen LogP contribution in [0.5, 0.6) is 0 Å². The summed E-state index contributed by atoms with van der Waals surface area (Å²) in [4.78, 5) is 11.7. The lowest BCUT2D eigenvalue weighted by Crippen LogP contribution is -2.51. The van der Waals surface area contributed by atoms with E-state index < -0.39 is 6.04 Å². The van der Waals surface area contributed by atoms with E-state index >= 15 is 0 Å². The molecule has 0 spiro atoms. The zero-order chi connectivity index (χ0) is 12.1. The lowest BCUT2D eigenvalue weighted by atomic mass is 9.78. The zero-order valence-electron chi connectivity index (χ0n) is 10.9. The maximum Gasteiger partial charge on any atom is 0.239 e. The van der Waals surface area contributed by atoms with Gasteiger partial charge in [-0.25, -0.2) is 0 Å². The Morgan fingerprint density at radius 2 is 2.12 bits per heavy atom. The Morgan fingerprint density at radius 1 is 1.47 bits per heavy atom. The van der Waals surface area contributed by atoms with E-state index in [1.165, 1.54) is 12.8 Å². The predicted octanol–water partition coefficient (Wildman–Crippen LogP) is 1.32. The first-order valence-corrected chi connectivity index (χ1v) is 6.11. The van der Waals surface area contributed by atoms with Gasteiger partial charge in [0.15, 0.2) is 0 Å². The van der Waals surface area contributed by atoms with Gasteiger partial charge in [-0.05, 0) is 18.3 Å². The van der Waals surface area contributed by atoms with Gasteiger partial charge in [-0.2, -0.15) is 0 Å². The van der Waals surface area contributed by atoms with E-state index in [1.54, 1.807) is 7.11 Å². The van der Waals surface area contributed by atoms with Crippen molar-refractivity contribution in [1.82, 2.24) is 5.32 Å². The number of hydrogen-bond donors (Lipinski definition) is 2. The van der Waals surface area contributed by atoms with Crippen molar-refractivity contribution in [3.8, 4) is 0 Å². The molecule has 102 valence electrons. The highest BCUT2D eigenvalue weighted by Crippen LogP contribution is 2.29. The van der Waals surface area contributed by atoms with Crippen molar-refractivity contribution in [2.75, 3.05) is 13.7 Å². The normalized spacial score (nSPS) is 30.2. The molecule has 5 heteroatoms. The van der Waals surface area contributed by atoms with Crippen LogP contribution in [-0.4, -0.2) is 31.7 Å². The molecule has 0 bridgehead atoms. The Balaban J connectivity index is 0.00000256. The predicted molar refractivity (Wildman–Crippen MR) is 71.2 cm³/mol. The number of halogens is 1. The number of rotatable bonds is 4. The Labute approximate surface area is 110 Å². The summed E-state index contributed by atoms with van der Waals surface area (Å²) >= 11 is 0. The first kappa shape index (κ1) is 16.7. The summed E-state index contributed by atoms with van der Waals surface area (Å²) in [6, 6.07) is -0.270. The minimum absolute atomic E-state index is 0. The third-order valence-corrected chi connectivity index (χ3v) is 3.72. The zero-order valence-corrected chi connectivity index (χ0v) is 11.8. The quantitative estimate of drug-likeness (QED) is 0.805. The molecule has 1 aliphatic rings. The smallest absolute Gasteiger partial charge is 0.239 e. The second-order valence-corrected chi connectivity index (χ2v) is 4.94. The molecule has 0 saturated heterocycles. The first-order chi connectivity index (χ1) is 7.56. The molecule has 1 aliphatic carbocycles. The van der Waals surface area contributed by atoms with Crippen molar-refractivity contribution in [3.63, 3.8) is 0 Å². The van der Waals surface area contributed by atoms with E-state index in [1.807, 2.05) is 0 Å². The molecule has 0 aromatic carbocycles. The van der Waals surface area contributed by atoms with Crippen molar-refractivity contribution in [3.05, 3.63) is 0 Å². The highest BCUT2D eigenvalue weighted by molar-refractivity contribution is 5.85. The summed E-state index contributed by atoms with van der Waals surface area (Å²) in [6.45, 7) is 4.73. The Bertz CT molecular complexity index is 239. The van der Waals surface area contributed by atoms with Crippen molar-refractivity contribution in [1.29, 1.82) is 0 Å². The largest absolute Gasteiger partial charge is 0.383 e. The Kier molecular flexibility index (Phi) is 7.75. The molecule has 0 heterocycles. The van der Waals surface area contributed by atoms with Crippen molar-refractivity contribution in [2.45, 2.75) is 45.2 Å². The van der Waals surface area contributed by atoms with Gasteiger partial charge in [0.25, 0.3) is 0 Å². The summed E-state index contributed by atoms with van der Waals surface area (Å²) in [5, 5.41) is 3.04. The monoisotopic (exact) mass is 264 g/mol. The number of nitrogens with two attached hydrogens (primary N) is 1. The van der Waals surface area contributed by atoms with E-state index in [0.29, 0.717) is 11.8 Å². The van der Waals surface area contributed by atoms with Gasteiger partial charge >= 0.3 is 0 Å². The first-order valence-electron chi connectivity index (χ1n) is 6.11. The van der Waals surface area contributed by atoms with Crippen molar-refractivity contribution in [2.24, 2.45) is 17.6 Å². The van der Waals surface area contributed by atoms with Crippen LogP contribution in [0.25, 0.3) is 0 Å². The van der Waals surface area contributed by atoms with E-state index in [-0.39, 0.29) is 31.0 Å². The van der Waals surface area contributed by atoms with Crippen LogP contribution in [-0.2, 0) is 9.53 Å². The van der Waals surface area contributed by atoms with Crippen LogP contribution < -0.4 is 11.1 Å². The second kappa shape index (κ2) is 7.90. The molecular formula is C12H25ClN2O2. The third-order valence-electron chi connectivity index (χ3n) is 3.72. The molecule has 4 unspecified atom stereocenters. The standard InChI is InChI=1S/C12H24N2O2.ClH/c1-8-5-4-6-11(9(8)2)14-12(15)10(13)7-16-3;/h8-11H,4-7,13H2,1-3H3,(H,14,15);1H. The van der Waals surface area contributed by atoms with Crippen LogP contribution in [0.3, 0.4) is 0 Å². The Morgan fingerprint density at radius 3 is 2.71 bits per heavy atom. The number of amides is 1. The molecule has 1 rings (SSSR count). The molecule has 4 nitrogen and oxygen atoms in total. The molecular weight excluding hydrogens is 240 g/mol. The van der Waals surface area contributed by atoms with Crippen LogP contribution in [0.1, 0.15) is 33.1 Å². The number of ether oxygens (including phenoxy) is 1. The second-order valence-electron chi connectivity index (χ2n) is 4.94. The Hall–Kier alpha value is -0.320. The number of methoxy groups -OCH3 is 1. The van der Waals surface area contributed by atoms with Crippen molar-refractivity contribution >= 4 is 18.3 Å². The van der Waals surface area contributed by atoms with Gasteiger partial charge in [0.2, 0.25) is 5.91 Å². The minimum Gasteiger partial charge on any atom is -0.383 e. The average molecular weight is 265 g/mol. The lowest BCUT2D eigenvalue weighted by Gasteiger charge is -2.35. The minimum atomic E-state index is -0.547. The van der Waals surface area contributed by atoms with Gasteiger partial charge in [0.05, 0.1) is 6.61 Å². The van der Waals surface area contributed by atoms with Gasteiger partial charge < -0.3 is 15.8 Å². The topological polar surface area (TPSA) is 64.3 Å². The molecule has 4 atom stereocenters. The van der Waals surface area contributed by atoms with E-state index in [9.17, 15) is 4.79 Å². The highest BCUT2D eigenvalue weighted by Gasteiger charge is 2.29. The van der Waals surface area contributed by atoms with E-state index in [0.717, 1.165) is 6.42 Å². The molecule has 0 radical (unpaired) electrons. The number of carbonyl (C=O) groups excluding carboxylic acids is 1. The third kappa shape index (κ3) is 4.82. The van der Waals surface area contributed by atoms with Gasteiger partial charge in [-0.3, -0.25) is 4.79 Å². The molecule has 0 aromatic heterocycles. The van der Waals surface area contributed by atoms with Gasteiger partial charge in [0.1, 0.15) is 6.04 Å². The number of nitrogens with one attached hydrogen (secondary N) is 1. The van der Waals surface area contributed by atoms with Crippen LogP contribution in [0.4, 0.5) is 0 Å². The van der Waals surface area contributed by atoms with Crippen molar-refractivity contribution < 1.29 is 9.53 Å². The van der Waals surface area contributed by atoms with Gasteiger partial charge in [-0.15, -0.1) is 12.4 Å². The summed E-state index contributed by atoms with van der Waals surface area (Å²) in [5.41, 5.74) is 5.69. The van der Waals surface area contributed by atoms with Crippen LogP contribution in [0.15, 0.2) is 0 Å². The van der Waals surface area contributed by atoms with E-state index in [2.05, 4.69) is 19.2 Å². The maximum atomic E-state index is 11.7. The average Bonchev–Trinajstić information content (AvgIpc) is 2.25. The van der Waals surface area contributed by atoms with Crippen LogP contribution in [0.2, 0.25) is 0 Å². The molecule has 1 saturated carbocycles. The summed E-state index contributed by atoms with van der Waals surface area (Å²) in [5.74, 6) is 1.12. The fourth-order valence-corrected chi connectivity index (χ4v) is 2.33. The van der Waals surface area contributed by atoms with Gasteiger partial charge in [-0.1, -0.05) is 26.7 Å².